The summed E-state index contributed by atoms with van der Waals surface area (Å²) < 4.78 is 60.3. The first kappa shape index (κ1) is 24.0. The molecule has 0 aliphatic rings. The fourth-order valence-corrected chi connectivity index (χ4v) is 2.80. The zero-order chi connectivity index (χ0) is 22.9. The zero-order valence-corrected chi connectivity index (χ0v) is 17.8. The van der Waals surface area contributed by atoms with Crippen molar-refractivity contribution in [3.63, 3.8) is 0 Å². The third kappa shape index (κ3) is 6.59. The van der Waals surface area contributed by atoms with Crippen LogP contribution in [0.15, 0.2) is 41.4 Å². The molecule has 0 saturated heterocycles. The Bertz CT molecular complexity index is 863. The number of rotatable bonds is 9. The van der Waals surface area contributed by atoms with Crippen molar-refractivity contribution in [3.8, 4) is 23.0 Å². The van der Waals surface area contributed by atoms with E-state index in [9.17, 15) is 13.2 Å². The third-order valence-corrected chi connectivity index (χ3v) is 4.25. The van der Waals surface area contributed by atoms with Gasteiger partial charge < -0.3 is 29.6 Å². The number of para-hydroxylation sites is 1. The lowest BCUT2D eigenvalue weighted by molar-refractivity contribution is -0.138. The Labute approximate surface area is 179 Å². The second kappa shape index (κ2) is 11.2. The van der Waals surface area contributed by atoms with Crippen LogP contribution in [0.5, 0.6) is 23.0 Å². The van der Waals surface area contributed by atoms with E-state index >= 15 is 0 Å². The van der Waals surface area contributed by atoms with Crippen molar-refractivity contribution in [3.05, 3.63) is 47.5 Å². The number of alkyl halides is 3. The van der Waals surface area contributed by atoms with Crippen LogP contribution in [0.2, 0.25) is 0 Å². The maximum atomic E-state index is 13.0. The topological polar surface area (TPSA) is 73.3 Å². The molecule has 0 heterocycles. The quantitative estimate of drug-likeness (QED) is 0.353. The summed E-state index contributed by atoms with van der Waals surface area (Å²) in [4.78, 5) is 4.10. The summed E-state index contributed by atoms with van der Waals surface area (Å²) in [5, 5.41) is 6.10. The van der Waals surface area contributed by atoms with Crippen LogP contribution in [0.25, 0.3) is 0 Å². The van der Waals surface area contributed by atoms with Crippen molar-refractivity contribution in [2.45, 2.75) is 12.7 Å². The molecule has 2 aromatic rings. The van der Waals surface area contributed by atoms with Gasteiger partial charge in [0.05, 0.1) is 33.4 Å². The average molecular weight is 441 g/mol. The summed E-state index contributed by atoms with van der Waals surface area (Å²) in [6, 6.07) is 8.71. The summed E-state index contributed by atoms with van der Waals surface area (Å²) in [5.74, 6) is 1.79. The van der Waals surface area contributed by atoms with Crippen LogP contribution in [-0.4, -0.2) is 47.5 Å². The Balaban J connectivity index is 1.91. The number of ether oxygens (including phenoxy) is 4. The van der Waals surface area contributed by atoms with Gasteiger partial charge in [-0.25, -0.2) is 0 Å². The van der Waals surface area contributed by atoms with Gasteiger partial charge in [-0.05, 0) is 29.8 Å². The highest BCUT2D eigenvalue weighted by atomic mass is 19.4. The van der Waals surface area contributed by atoms with E-state index in [2.05, 4.69) is 15.6 Å². The minimum Gasteiger partial charge on any atom is -0.493 e. The van der Waals surface area contributed by atoms with Crippen molar-refractivity contribution in [1.82, 2.24) is 10.6 Å². The van der Waals surface area contributed by atoms with Gasteiger partial charge in [0, 0.05) is 13.6 Å². The number of nitrogens with zero attached hydrogens (tertiary/aromatic N) is 1. The van der Waals surface area contributed by atoms with Crippen LogP contribution < -0.4 is 29.6 Å². The van der Waals surface area contributed by atoms with E-state index in [0.717, 1.165) is 11.6 Å². The maximum absolute atomic E-state index is 13.0. The van der Waals surface area contributed by atoms with E-state index in [0.29, 0.717) is 29.8 Å². The molecule has 2 aromatic carbocycles. The number of hydrogen-bond donors (Lipinski definition) is 2. The number of methoxy groups -OCH3 is 3. The van der Waals surface area contributed by atoms with Crippen molar-refractivity contribution >= 4 is 5.96 Å². The molecule has 0 aromatic heterocycles. The van der Waals surface area contributed by atoms with Gasteiger partial charge >= 0.3 is 6.18 Å². The molecule has 7 nitrogen and oxygen atoms in total. The lowest BCUT2D eigenvalue weighted by Crippen LogP contribution is -2.38. The Morgan fingerprint density at radius 2 is 1.58 bits per heavy atom. The Morgan fingerprint density at radius 1 is 0.935 bits per heavy atom. The first-order chi connectivity index (χ1) is 14.8. The standard InChI is InChI=1S/C21H26F3N3O4/c1-25-20(26-9-10-31-16-8-6-5-7-15(16)21(22,23)24)27-13-14-11-17(28-2)19(30-4)18(12-14)29-3/h5-8,11-12H,9-10,13H2,1-4H3,(H2,25,26,27). The van der Waals surface area contributed by atoms with Gasteiger partial charge in [-0.2, -0.15) is 13.2 Å². The molecule has 0 saturated carbocycles. The molecule has 0 atom stereocenters. The molecule has 0 spiro atoms. The molecule has 31 heavy (non-hydrogen) atoms. The van der Waals surface area contributed by atoms with Crippen molar-refractivity contribution in [2.24, 2.45) is 4.99 Å². The average Bonchev–Trinajstić information content (AvgIpc) is 2.77. The molecule has 0 bridgehead atoms. The van der Waals surface area contributed by atoms with Gasteiger partial charge in [0.2, 0.25) is 5.75 Å². The highest BCUT2D eigenvalue weighted by Crippen LogP contribution is 2.38. The highest BCUT2D eigenvalue weighted by Gasteiger charge is 2.33. The molecule has 10 heteroatoms. The number of nitrogens with one attached hydrogen (secondary N) is 2. The number of halogens is 3. The van der Waals surface area contributed by atoms with Crippen molar-refractivity contribution in [2.75, 3.05) is 41.5 Å². The molecule has 0 fully saturated rings. The highest BCUT2D eigenvalue weighted by molar-refractivity contribution is 5.79. The van der Waals surface area contributed by atoms with E-state index in [1.54, 1.807) is 19.2 Å². The number of aliphatic imine (C=N–C) groups is 1. The molecule has 0 amide bonds. The minimum absolute atomic E-state index is 0.0258. The summed E-state index contributed by atoms with van der Waals surface area (Å²) in [6.45, 7) is 0.674. The normalized spacial score (nSPS) is 11.6. The molecular formula is C21H26F3N3O4. The SMILES string of the molecule is CN=C(NCCOc1ccccc1C(F)(F)F)NCc1cc(OC)c(OC)c(OC)c1. The van der Waals surface area contributed by atoms with Crippen LogP contribution >= 0.6 is 0 Å². The molecule has 2 rings (SSSR count). The summed E-state index contributed by atoms with van der Waals surface area (Å²) in [6.07, 6.45) is -4.47. The van der Waals surface area contributed by atoms with Crippen LogP contribution in [0.1, 0.15) is 11.1 Å². The van der Waals surface area contributed by atoms with Gasteiger partial charge in [-0.1, -0.05) is 12.1 Å². The monoisotopic (exact) mass is 441 g/mol. The summed E-state index contributed by atoms with van der Waals surface area (Å²) in [5.41, 5.74) is 0.0488. The number of benzene rings is 2. The largest absolute Gasteiger partial charge is 0.493 e. The Hall–Kier alpha value is -3.30. The predicted molar refractivity (Wildman–Crippen MR) is 111 cm³/mol. The maximum Gasteiger partial charge on any atom is 0.419 e. The van der Waals surface area contributed by atoms with E-state index in [1.807, 2.05) is 0 Å². The number of guanidine groups is 1. The second-order valence-electron chi connectivity index (χ2n) is 6.23. The molecule has 2 N–H and O–H groups in total. The zero-order valence-electron chi connectivity index (χ0n) is 17.8. The van der Waals surface area contributed by atoms with Gasteiger partial charge in [-0.3, -0.25) is 4.99 Å². The molecule has 0 aliphatic carbocycles. The lowest BCUT2D eigenvalue weighted by Gasteiger charge is -2.16. The molecular weight excluding hydrogens is 415 g/mol. The number of hydrogen-bond acceptors (Lipinski definition) is 5. The van der Waals surface area contributed by atoms with Crippen LogP contribution in [0.4, 0.5) is 13.2 Å². The van der Waals surface area contributed by atoms with Crippen LogP contribution in [0, 0.1) is 0 Å². The minimum atomic E-state index is -4.47. The fourth-order valence-electron chi connectivity index (χ4n) is 2.80. The van der Waals surface area contributed by atoms with E-state index in [-0.39, 0.29) is 18.9 Å². The molecule has 0 aliphatic heterocycles. The second-order valence-corrected chi connectivity index (χ2v) is 6.23. The molecule has 170 valence electrons. The Kier molecular flexibility index (Phi) is 8.65. The first-order valence-corrected chi connectivity index (χ1v) is 9.36. The summed E-state index contributed by atoms with van der Waals surface area (Å²) in [7, 11) is 6.18. The smallest absolute Gasteiger partial charge is 0.419 e. The van der Waals surface area contributed by atoms with E-state index in [4.69, 9.17) is 18.9 Å². The third-order valence-electron chi connectivity index (χ3n) is 4.25. The van der Waals surface area contributed by atoms with Gasteiger partial charge in [-0.15, -0.1) is 0 Å². The van der Waals surface area contributed by atoms with E-state index in [1.165, 1.54) is 39.5 Å². The molecule has 0 radical (unpaired) electrons. The Morgan fingerprint density at radius 3 is 2.13 bits per heavy atom. The predicted octanol–water partition coefficient (Wildman–Crippen LogP) is 3.48. The van der Waals surface area contributed by atoms with Gasteiger partial charge in [0.25, 0.3) is 0 Å². The van der Waals surface area contributed by atoms with Crippen LogP contribution in [0.3, 0.4) is 0 Å². The van der Waals surface area contributed by atoms with Gasteiger partial charge in [0.1, 0.15) is 12.4 Å². The fraction of sp³-hybridized carbons (Fsp3) is 0.381. The summed E-state index contributed by atoms with van der Waals surface area (Å²) >= 11 is 0. The van der Waals surface area contributed by atoms with Crippen molar-refractivity contribution in [1.29, 1.82) is 0 Å². The molecule has 0 unspecified atom stereocenters. The first-order valence-electron chi connectivity index (χ1n) is 9.36. The van der Waals surface area contributed by atoms with Gasteiger partial charge in [0.15, 0.2) is 17.5 Å². The van der Waals surface area contributed by atoms with Crippen LogP contribution in [-0.2, 0) is 12.7 Å². The lowest BCUT2D eigenvalue weighted by atomic mass is 10.2. The van der Waals surface area contributed by atoms with Crippen molar-refractivity contribution < 1.29 is 32.1 Å². The van der Waals surface area contributed by atoms with E-state index < -0.39 is 11.7 Å².